The molecule has 1 aromatic heterocycles. The van der Waals surface area contributed by atoms with Gasteiger partial charge in [-0.15, -0.1) is 0 Å². The molecule has 3 nitrogen and oxygen atoms in total. The maximum absolute atomic E-state index is 4.00. The number of nitrogens with one attached hydrogen (secondary N) is 1. The third-order valence-electron chi connectivity index (χ3n) is 2.52. The maximum atomic E-state index is 4.00. The molecule has 0 amide bonds. The fourth-order valence-corrected chi connectivity index (χ4v) is 1.65. The third-order valence-corrected chi connectivity index (χ3v) is 2.52. The van der Waals surface area contributed by atoms with Crippen molar-refractivity contribution in [3.63, 3.8) is 0 Å². The van der Waals surface area contributed by atoms with E-state index in [1.165, 1.54) is 0 Å². The number of aromatic nitrogens is 1. The van der Waals surface area contributed by atoms with Gasteiger partial charge in [-0.25, -0.2) is 0 Å². The molecule has 3 heteroatoms. The maximum Gasteiger partial charge on any atom is 0.0373 e. The van der Waals surface area contributed by atoms with Crippen LogP contribution >= 0.6 is 0 Å². The molecule has 0 aliphatic carbocycles. The first-order valence-corrected chi connectivity index (χ1v) is 5.65. The minimum absolute atomic E-state index is 0.465. The average Bonchev–Trinajstić information content (AvgIpc) is 2.27. The molecule has 1 atom stereocenters. The van der Waals surface area contributed by atoms with Crippen molar-refractivity contribution in [3.05, 3.63) is 24.5 Å². The van der Waals surface area contributed by atoms with Gasteiger partial charge in [-0.2, -0.15) is 0 Å². The Kier molecular flexibility index (Phi) is 5.12. The van der Waals surface area contributed by atoms with E-state index in [0.717, 1.165) is 25.3 Å². The highest BCUT2D eigenvalue weighted by Crippen LogP contribution is 2.06. The summed E-state index contributed by atoms with van der Waals surface area (Å²) < 4.78 is 0. The van der Waals surface area contributed by atoms with Gasteiger partial charge in [0, 0.05) is 30.7 Å². The molecule has 1 unspecified atom stereocenters. The molecule has 15 heavy (non-hydrogen) atoms. The highest BCUT2D eigenvalue weighted by molar-refractivity contribution is 5.41. The highest BCUT2D eigenvalue weighted by Gasteiger charge is 2.06. The molecule has 0 aliphatic heterocycles. The fraction of sp³-hybridized carbons (Fsp3) is 0.583. The molecule has 0 fully saturated rings. The Labute approximate surface area is 92.5 Å². The summed E-state index contributed by atoms with van der Waals surface area (Å²) >= 11 is 0. The van der Waals surface area contributed by atoms with Crippen LogP contribution in [0.2, 0.25) is 0 Å². The Hall–Kier alpha value is -1.09. The molecule has 0 saturated carbocycles. The topological polar surface area (TPSA) is 28.2 Å². The molecule has 0 aromatic carbocycles. The van der Waals surface area contributed by atoms with Gasteiger partial charge >= 0.3 is 0 Å². The van der Waals surface area contributed by atoms with Gasteiger partial charge in [0.2, 0.25) is 0 Å². The number of nitrogens with zero attached hydrogens (tertiary/aromatic N) is 2. The SMILES string of the molecule is CCN(CC)CC(C)Nc1ccncc1. The molecule has 0 bridgehead atoms. The van der Waals surface area contributed by atoms with Crippen LogP contribution in [0.4, 0.5) is 5.69 Å². The fourth-order valence-electron chi connectivity index (χ4n) is 1.65. The van der Waals surface area contributed by atoms with E-state index >= 15 is 0 Å². The molecule has 1 rings (SSSR count). The minimum atomic E-state index is 0.465. The zero-order chi connectivity index (χ0) is 11.1. The van der Waals surface area contributed by atoms with E-state index in [-0.39, 0.29) is 0 Å². The summed E-state index contributed by atoms with van der Waals surface area (Å²) in [6, 6.07) is 4.46. The lowest BCUT2D eigenvalue weighted by molar-refractivity contribution is 0.295. The van der Waals surface area contributed by atoms with Gasteiger partial charge in [0.25, 0.3) is 0 Å². The van der Waals surface area contributed by atoms with Crippen LogP contribution in [0.15, 0.2) is 24.5 Å². The Balaban J connectivity index is 2.39. The smallest absolute Gasteiger partial charge is 0.0373 e. The minimum Gasteiger partial charge on any atom is -0.381 e. The highest BCUT2D eigenvalue weighted by atomic mass is 15.1. The van der Waals surface area contributed by atoms with Crippen LogP contribution in [0.3, 0.4) is 0 Å². The predicted molar refractivity (Wildman–Crippen MR) is 65.1 cm³/mol. The van der Waals surface area contributed by atoms with Crippen molar-refractivity contribution in [3.8, 4) is 0 Å². The Morgan fingerprint density at radius 2 is 1.87 bits per heavy atom. The van der Waals surface area contributed by atoms with Crippen molar-refractivity contribution in [2.24, 2.45) is 0 Å². The standard InChI is InChI=1S/C12H21N3/c1-4-15(5-2)10-11(3)14-12-6-8-13-9-7-12/h6-9,11H,4-5,10H2,1-3H3,(H,13,14). The summed E-state index contributed by atoms with van der Waals surface area (Å²) in [7, 11) is 0. The van der Waals surface area contributed by atoms with E-state index in [0.29, 0.717) is 6.04 Å². The number of pyridine rings is 1. The van der Waals surface area contributed by atoms with Crippen LogP contribution in [0, 0.1) is 0 Å². The lowest BCUT2D eigenvalue weighted by Gasteiger charge is -2.24. The summed E-state index contributed by atoms with van der Waals surface area (Å²) in [6.45, 7) is 9.90. The summed E-state index contributed by atoms with van der Waals surface area (Å²) in [5.74, 6) is 0. The molecule has 0 saturated heterocycles. The largest absolute Gasteiger partial charge is 0.381 e. The molecule has 0 aliphatic rings. The Morgan fingerprint density at radius 1 is 1.27 bits per heavy atom. The second-order valence-corrected chi connectivity index (χ2v) is 3.77. The summed E-state index contributed by atoms with van der Waals surface area (Å²) in [5, 5.41) is 3.46. The molecule has 0 radical (unpaired) electrons. The lowest BCUT2D eigenvalue weighted by Crippen LogP contribution is -2.34. The first-order chi connectivity index (χ1) is 7.26. The van der Waals surface area contributed by atoms with E-state index in [9.17, 15) is 0 Å². The summed E-state index contributed by atoms with van der Waals surface area (Å²) in [5.41, 5.74) is 1.14. The molecule has 1 aromatic rings. The zero-order valence-corrected chi connectivity index (χ0v) is 9.90. The van der Waals surface area contributed by atoms with Gasteiger partial charge in [0.05, 0.1) is 0 Å². The van der Waals surface area contributed by atoms with Gasteiger partial charge in [-0.1, -0.05) is 13.8 Å². The molecule has 0 spiro atoms. The van der Waals surface area contributed by atoms with Crippen molar-refractivity contribution in [2.75, 3.05) is 25.0 Å². The quantitative estimate of drug-likeness (QED) is 0.775. The zero-order valence-electron chi connectivity index (χ0n) is 9.90. The van der Waals surface area contributed by atoms with E-state index in [1.54, 1.807) is 0 Å². The van der Waals surface area contributed by atoms with E-state index in [2.05, 4.69) is 36.0 Å². The van der Waals surface area contributed by atoms with Crippen molar-refractivity contribution < 1.29 is 0 Å². The Bertz CT molecular complexity index is 257. The van der Waals surface area contributed by atoms with Crippen LogP contribution in [0.1, 0.15) is 20.8 Å². The molecular formula is C12H21N3. The first kappa shape index (κ1) is 12.0. The van der Waals surface area contributed by atoms with Crippen molar-refractivity contribution in [1.82, 2.24) is 9.88 Å². The first-order valence-electron chi connectivity index (χ1n) is 5.65. The van der Waals surface area contributed by atoms with Gasteiger partial charge in [-0.05, 0) is 32.1 Å². The Morgan fingerprint density at radius 3 is 2.40 bits per heavy atom. The van der Waals surface area contributed by atoms with Crippen LogP contribution in [0.25, 0.3) is 0 Å². The molecule has 84 valence electrons. The van der Waals surface area contributed by atoms with Gasteiger partial charge < -0.3 is 10.2 Å². The van der Waals surface area contributed by atoms with Crippen LogP contribution in [0.5, 0.6) is 0 Å². The van der Waals surface area contributed by atoms with Gasteiger partial charge in [0.15, 0.2) is 0 Å². The van der Waals surface area contributed by atoms with Gasteiger partial charge in [-0.3, -0.25) is 4.98 Å². The molecule has 1 heterocycles. The van der Waals surface area contributed by atoms with E-state index in [1.807, 2.05) is 24.5 Å². The summed E-state index contributed by atoms with van der Waals surface area (Å²) in [4.78, 5) is 6.41. The molecular weight excluding hydrogens is 186 g/mol. The number of hydrogen-bond donors (Lipinski definition) is 1. The summed E-state index contributed by atoms with van der Waals surface area (Å²) in [6.07, 6.45) is 3.62. The van der Waals surface area contributed by atoms with Crippen molar-refractivity contribution in [2.45, 2.75) is 26.8 Å². The number of rotatable bonds is 6. The number of likely N-dealkylation sites (N-methyl/N-ethyl adjacent to an activating group) is 1. The third kappa shape index (κ3) is 4.30. The monoisotopic (exact) mass is 207 g/mol. The predicted octanol–water partition coefficient (Wildman–Crippen LogP) is 2.22. The second-order valence-electron chi connectivity index (χ2n) is 3.77. The number of hydrogen-bond acceptors (Lipinski definition) is 3. The molecule has 1 N–H and O–H groups in total. The van der Waals surface area contributed by atoms with Crippen LogP contribution < -0.4 is 5.32 Å². The lowest BCUT2D eigenvalue weighted by atomic mass is 10.2. The number of anilines is 1. The average molecular weight is 207 g/mol. The van der Waals surface area contributed by atoms with E-state index in [4.69, 9.17) is 0 Å². The second kappa shape index (κ2) is 6.40. The van der Waals surface area contributed by atoms with Crippen LogP contribution in [-0.2, 0) is 0 Å². The van der Waals surface area contributed by atoms with Crippen molar-refractivity contribution >= 4 is 5.69 Å². The van der Waals surface area contributed by atoms with E-state index < -0.39 is 0 Å². The van der Waals surface area contributed by atoms with Crippen molar-refractivity contribution in [1.29, 1.82) is 0 Å². The van der Waals surface area contributed by atoms with Gasteiger partial charge in [0.1, 0.15) is 0 Å². The normalized spacial score (nSPS) is 12.8. The van der Waals surface area contributed by atoms with Crippen LogP contribution in [-0.4, -0.2) is 35.6 Å².